The highest BCUT2D eigenvalue weighted by Gasteiger charge is 2.34. The van der Waals surface area contributed by atoms with Crippen LogP contribution in [0.1, 0.15) is 54.9 Å². The number of hydrogen-bond acceptors (Lipinski definition) is 7. The fourth-order valence-corrected chi connectivity index (χ4v) is 6.44. The topological polar surface area (TPSA) is 127 Å². The predicted molar refractivity (Wildman–Crippen MR) is 189 cm³/mol. The summed E-state index contributed by atoms with van der Waals surface area (Å²) in [5, 5.41) is 5.77. The van der Waals surface area contributed by atoms with Gasteiger partial charge in [-0.15, -0.1) is 0 Å². The summed E-state index contributed by atoms with van der Waals surface area (Å²) in [6.07, 6.45) is 3.23. The number of fused-ring (bicyclic) bond motifs is 1. The average molecular weight is 685 g/mol. The molecule has 1 unspecified atom stereocenters. The van der Waals surface area contributed by atoms with Gasteiger partial charge in [-0.3, -0.25) is 19.2 Å². The second-order valence-electron chi connectivity index (χ2n) is 12.8. The number of amides is 4. The molecule has 2 heterocycles. The van der Waals surface area contributed by atoms with E-state index in [4.69, 9.17) is 14.2 Å². The second-order valence-corrected chi connectivity index (χ2v) is 12.8. The average Bonchev–Trinajstić information content (AvgIpc) is 3.14. The van der Waals surface area contributed by atoms with E-state index in [9.17, 15) is 19.2 Å². The third-order valence-electron chi connectivity index (χ3n) is 9.13. The minimum atomic E-state index is -1.17. The van der Waals surface area contributed by atoms with Gasteiger partial charge in [-0.2, -0.15) is 0 Å². The van der Waals surface area contributed by atoms with Gasteiger partial charge in [0, 0.05) is 32.0 Å². The molecule has 3 atom stereocenters. The molecule has 0 radical (unpaired) electrons. The molecule has 5 rings (SSSR count). The number of rotatable bonds is 10. The number of carbonyl (C=O) groups excluding carboxylic acids is 4. The molecule has 1 saturated heterocycles. The van der Waals surface area contributed by atoms with E-state index in [0.717, 1.165) is 31.2 Å². The maximum absolute atomic E-state index is 14.2. The summed E-state index contributed by atoms with van der Waals surface area (Å²) in [6.45, 7) is 4.26. The van der Waals surface area contributed by atoms with Crippen molar-refractivity contribution in [3.63, 3.8) is 0 Å². The van der Waals surface area contributed by atoms with E-state index in [1.165, 1.54) is 0 Å². The zero-order valence-electron chi connectivity index (χ0n) is 29.0. The van der Waals surface area contributed by atoms with Gasteiger partial charge in [0.1, 0.15) is 24.4 Å². The van der Waals surface area contributed by atoms with Crippen LogP contribution in [0.4, 0.5) is 0 Å². The van der Waals surface area contributed by atoms with Gasteiger partial charge in [0.25, 0.3) is 5.91 Å². The van der Waals surface area contributed by atoms with Gasteiger partial charge in [-0.1, -0.05) is 67.9 Å². The van der Waals surface area contributed by atoms with Gasteiger partial charge in [0.05, 0.1) is 32.2 Å². The number of nitrogens with zero attached hydrogens (tertiary/aromatic N) is 2. The Labute approximate surface area is 294 Å². The van der Waals surface area contributed by atoms with Crippen molar-refractivity contribution in [3.05, 3.63) is 90.0 Å². The zero-order chi connectivity index (χ0) is 35.3. The highest BCUT2D eigenvalue weighted by molar-refractivity contribution is 6.01. The van der Waals surface area contributed by atoms with E-state index >= 15 is 0 Å². The number of methoxy groups -OCH3 is 1. The SMILES string of the molecule is CCCCN1CCOc2ccccc2C(=O)N[C@H](C(=O)N2CCCC(COc3ccccc3OC)C2)CC(=O)N[C@@H](Cc2ccccc2)C1=O. The largest absolute Gasteiger partial charge is 0.493 e. The minimum absolute atomic E-state index is 0.0387. The summed E-state index contributed by atoms with van der Waals surface area (Å²) in [6, 6.07) is 21.7. The monoisotopic (exact) mass is 684 g/mol. The molecule has 0 aliphatic carbocycles. The highest BCUT2D eigenvalue weighted by atomic mass is 16.5. The van der Waals surface area contributed by atoms with Crippen LogP contribution in [-0.4, -0.2) is 92.0 Å². The summed E-state index contributed by atoms with van der Waals surface area (Å²) in [5.74, 6) is 0.0416. The molecule has 1 fully saturated rings. The van der Waals surface area contributed by atoms with E-state index in [0.29, 0.717) is 43.5 Å². The normalized spacial score (nSPS) is 20.4. The number of carbonyl (C=O) groups is 4. The van der Waals surface area contributed by atoms with Crippen LogP contribution >= 0.6 is 0 Å². The van der Waals surface area contributed by atoms with Crippen molar-refractivity contribution in [2.75, 3.05) is 46.5 Å². The standard InChI is InChI=1S/C39H48N4O7/c1-3-4-20-42-22-23-49-33-17-9-8-16-30(33)37(45)41-32(25-36(44)40-31(38(42)46)24-28-13-6-5-7-14-28)39(47)43-21-12-15-29(26-43)27-50-35-19-11-10-18-34(35)48-2/h5-11,13-14,16-19,29,31-32H,3-4,12,15,20-27H2,1-2H3,(H,40,44)(H,41,45)/t29?,31-,32-/m0/s1. The molecular weight excluding hydrogens is 636 g/mol. The first-order chi connectivity index (χ1) is 24.4. The summed E-state index contributed by atoms with van der Waals surface area (Å²) in [7, 11) is 1.59. The lowest BCUT2D eigenvalue weighted by atomic mass is 9.97. The van der Waals surface area contributed by atoms with Crippen LogP contribution in [0.5, 0.6) is 17.2 Å². The van der Waals surface area contributed by atoms with Crippen LogP contribution in [0.2, 0.25) is 0 Å². The van der Waals surface area contributed by atoms with Crippen molar-refractivity contribution in [3.8, 4) is 17.2 Å². The fourth-order valence-electron chi connectivity index (χ4n) is 6.44. The van der Waals surface area contributed by atoms with Crippen molar-refractivity contribution in [1.29, 1.82) is 0 Å². The van der Waals surface area contributed by atoms with Gasteiger partial charge in [-0.05, 0) is 49.1 Å². The number of nitrogens with one attached hydrogen (secondary N) is 2. The Morgan fingerprint density at radius 2 is 1.66 bits per heavy atom. The molecule has 0 aromatic heterocycles. The third-order valence-corrected chi connectivity index (χ3v) is 9.13. The number of ether oxygens (including phenoxy) is 3. The molecule has 2 aliphatic rings. The zero-order valence-corrected chi connectivity index (χ0v) is 29.0. The van der Waals surface area contributed by atoms with Gasteiger partial charge in [-0.25, -0.2) is 0 Å². The molecule has 11 nitrogen and oxygen atoms in total. The first-order valence-electron chi connectivity index (χ1n) is 17.6. The summed E-state index contributed by atoms with van der Waals surface area (Å²) < 4.78 is 17.6. The Balaban J connectivity index is 1.38. The lowest BCUT2D eigenvalue weighted by Gasteiger charge is -2.35. The molecule has 4 amide bonds. The number of likely N-dealkylation sites (tertiary alicyclic amines) is 1. The van der Waals surface area contributed by atoms with Crippen LogP contribution in [0.25, 0.3) is 0 Å². The Hall–Kier alpha value is -5.06. The van der Waals surface area contributed by atoms with Crippen molar-refractivity contribution in [2.45, 2.75) is 57.5 Å². The molecule has 2 aliphatic heterocycles. The van der Waals surface area contributed by atoms with Crippen LogP contribution in [-0.2, 0) is 20.8 Å². The molecule has 266 valence electrons. The summed E-state index contributed by atoms with van der Waals surface area (Å²) >= 11 is 0. The van der Waals surface area contributed by atoms with E-state index in [1.54, 1.807) is 41.2 Å². The Morgan fingerprint density at radius 3 is 2.44 bits per heavy atom. The van der Waals surface area contributed by atoms with Crippen LogP contribution in [0, 0.1) is 5.92 Å². The number of unbranched alkanes of at least 4 members (excludes halogenated alkanes) is 1. The maximum atomic E-state index is 14.2. The Morgan fingerprint density at radius 1 is 0.920 bits per heavy atom. The molecule has 50 heavy (non-hydrogen) atoms. The minimum Gasteiger partial charge on any atom is -0.493 e. The molecular formula is C39H48N4O7. The number of para-hydroxylation sites is 3. The van der Waals surface area contributed by atoms with E-state index < -0.39 is 23.9 Å². The van der Waals surface area contributed by atoms with Gasteiger partial charge >= 0.3 is 0 Å². The second kappa shape index (κ2) is 18.1. The molecule has 2 N–H and O–H groups in total. The van der Waals surface area contributed by atoms with Crippen LogP contribution < -0.4 is 24.8 Å². The van der Waals surface area contributed by atoms with Gasteiger partial charge in [0.15, 0.2) is 11.5 Å². The predicted octanol–water partition coefficient (Wildman–Crippen LogP) is 4.25. The maximum Gasteiger partial charge on any atom is 0.255 e. The number of hydrogen-bond donors (Lipinski definition) is 2. The van der Waals surface area contributed by atoms with Crippen LogP contribution in [0.15, 0.2) is 78.9 Å². The van der Waals surface area contributed by atoms with E-state index in [2.05, 4.69) is 17.6 Å². The van der Waals surface area contributed by atoms with Gasteiger partial charge in [0.2, 0.25) is 17.7 Å². The van der Waals surface area contributed by atoms with E-state index in [-0.39, 0.29) is 49.3 Å². The highest BCUT2D eigenvalue weighted by Crippen LogP contribution is 2.28. The molecule has 3 aromatic carbocycles. The quantitative estimate of drug-likeness (QED) is 0.327. The smallest absolute Gasteiger partial charge is 0.255 e. The number of piperidine rings is 1. The molecule has 0 bridgehead atoms. The van der Waals surface area contributed by atoms with Crippen LogP contribution in [0.3, 0.4) is 0 Å². The summed E-state index contributed by atoms with van der Waals surface area (Å²) in [4.78, 5) is 59.2. The fraction of sp³-hybridized carbons (Fsp3) is 0.436. The molecule has 11 heteroatoms. The number of benzene rings is 3. The van der Waals surface area contributed by atoms with Crippen molar-refractivity contribution < 1.29 is 33.4 Å². The van der Waals surface area contributed by atoms with Crippen molar-refractivity contribution in [1.82, 2.24) is 20.4 Å². The van der Waals surface area contributed by atoms with Crippen molar-refractivity contribution in [2.24, 2.45) is 5.92 Å². The lowest BCUT2D eigenvalue weighted by molar-refractivity contribution is -0.139. The Kier molecular flexibility index (Phi) is 13.1. The van der Waals surface area contributed by atoms with Gasteiger partial charge < -0.3 is 34.6 Å². The first-order valence-corrected chi connectivity index (χ1v) is 17.6. The first kappa shape index (κ1) is 36.2. The Bertz CT molecular complexity index is 1600. The third kappa shape index (κ3) is 9.77. The van der Waals surface area contributed by atoms with Crippen molar-refractivity contribution >= 4 is 23.6 Å². The molecule has 0 spiro atoms. The summed E-state index contributed by atoms with van der Waals surface area (Å²) in [5.41, 5.74) is 1.14. The molecule has 3 aromatic rings. The van der Waals surface area contributed by atoms with E-state index in [1.807, 2.05) is 54.6 Å². The lowest BCUT2D eigenvalue weighted by Crippen LogP contribution is -2.55. The molecule has 0 saturated carbocycles.